The molecule has 0 aliphatic carbocycles. The van der Waals surface area contributed by atoms with Crippen LogP contribution in [0.5, 0.6) is 0 Å². The van der Waals surface area contributed by atoms with E-state index < -0.39 is 12.1 Å². The fourth-order valence-corrected chi connectivity index (χ4v) is 2.73. The molecule has 5 N–H and O–H groups in total. The molecule has 8 nitrogen and oxygen atoms in total. The zero-order valence-electron chi connectivity index (χ0n) is 16.0. The van der Waals surface area contributed by atoms with Crippen LogP contribution in [0.4, 0.5) is 13.2 Å². The van der Waals surface area contributed by atoms with E-state index in [0.717, 1.165) is 39.0 Å². The molecule has 1 aliphatic rings. The molecule has 0 amide bonds. The Morgan fingerprint density at radius 1 is 1.21 bits per heavy atom. The SMILES string of the molecule is COC(=O)c1ccc(CN2CCC(C[NH+]=C(N)N)CC2)cc1.O=C([O-])C(F)(F)F. The number of methoxy groups -OCH3 is 1. The van der Waals surface area contributed by atoms with Crippen molar-refractivity contribution in [1.29, 1.82) is 0 Å². The van der Waals surface area contributed by atoms with Gasteiger partial charge in [0.25, 0.3) is 0 Å². The minimum atomic E-state index is -5.19. The van der Waals surface area contributed by atoms with Gasteiger partial charge in [0.05, 0.1) is 19.2 Å². The normalized spacial score (nSPS) is 15.0. The van der Waals surface area contributed by atoms with E-state index in [0.29, 0.717) is 17.4 Å². The van der Waals surface area contributed by atoms with Crippen molar-refractivity contribution in [3.63, 3.8) is 0 Å². The quantitative estimate of drug-likeness (QED) is 0.296. The van der Waals surface area contributed by atoms with Crippen molar-refractivity contribution in [1.82, 2.24) is 4.90 Å². The number of guanidine groups is 1. The summed E-state index contributed by atoms with van der Waals surface area (Å²) in [7, 11) is 1.39. The van der Waals surface area contributed by atoms with Crippen molar-refractivity contribution in [3.05, 3.63) is 35.4 Å². The highest BCUT2D eigenvalue weighted by Crippen LogP contribution is 2.18. The largest absolute Gasteiger partial charge is 0.542 e. The highest BCUT2D eigenvalue weighted by atomic mass is 19.4. The number of halogens is 3. The first kappa shape index (κ1) is 24.2. The highest BCUT2D eigenvalue weighted by Gasteiger charge is 2.28. The van der Waals surface area contributed by atoms with Crippen LogP contribution in [0.1, 0.15) is 28.8 Å². The lowest BCUT2D eigenvalue weighted by Gasteiger charge is -2.31. The van der Waals surface area contributed by atoms with Crippen LogP contribution < -0.4 is 21.6 Å². The summed E-state index contributed by atoms with van der Waals surface area (Å²) in [6, 6.07) is 7.61. The number of benzene rings is 1. The van der Waals surface area contributed by atoms with Gasteiger partial charge in [-0.1, -0.05) is 12.1 Å². The summed E-state index contributed by atoms with van der Waals surface area (Å²) in [6.45, 7) is 3.89. The Hall–Kier alpha value is -2.82. The van der Waals surface area contributed by atoms with E-state index in [1.807, 2.05) is 24.3 Å². The van der Waals surface area contributed by atoms with Crippen LogP contribution in [0, 0.1) is 5.92 Å². The molecule has 2 rings (SSSR count). The lowest BCUT2D eigenvalue weighted by atomic mass is 9.96. The van der Waals surface area contributed by atoms with Crippen LogP contribution in [-0.4, -0.2) is 55.7 Å². The third-order valence-corrected chi connectivity index (χ3v) is 4.31. The maximum atomic E-state index is 11.4. The van der Waals surface area contributed by atoms with Gasteiger partial charge in [-0.25, -0.2) is 4.79 Å². The second kappa shape index (κ2) is 11.2. The van der Waals surface area contributed by atoms with Gasteiger partial charge < -0.3 is 14.6 Å². The molecule has 0 spiro atoms. The lowest BCUT2D eigenvalue weighted by Crippen LogP contribution is -2.79. The molecule has 29 heavy (non-hydrogen) atoms. The molecule has 1 aromatic rings. The van der Waals surface area contributed by atoms with Gasteiger partial charge in [-0.2, -0.15) is 13.2 Å². The highest BCUT2D eigenvalue weighted by molar-refractivity contribution is 5.89. The summed E-state index contributed by atoms with van der Waals surface area (Å²) in [6.07, 6.45) is -2.92. The summed E-state index contributed by atoms with van der Waals surface area (Å²) in [5, 5.41) is 8.78. The van der Waals surface area contributed by atoms with E-state index in [4.69, 9.17) is 26.1 Å². The van der Waals surface area contributed by atoms with E-state index in [9.17, 15) is 18.0 Å². The number of carboxylic acid groups (broad SMARTS) is 1. The molecule has 162 valence electrons. The van der Waals surface area contributed by atoms with E-state index in [2.05, 4.69) is 9.89 Å². The Bertz CT molecular complexity index is 696. The second-order valence-electron chi connectivity index (χ2n) is 6.53. The Balaban J connectivity index is 0.000000516. The first-order valence-corrected chi connectivity index (χ1v) is 8.82. The predicted molar refractivity (Wildman–Crippen MR) is 96.1 cm³/mol. The van der Waals surface area contributed by atoms with Crippen LogP contribution in [0.2, 0.25) is 0 Å². The predicted octanol–water partition coefficient (Wildman–Crippen LogP) is -1.66. The summed E-state index contributed by atoms with van der Waals surface area (Å²) >= 11 is 0. The van der Waals surface area contributed by atoms with Gasteiger partial charge in [-0.3, -0.25) is 21.4 Å². The zero-order valence-corrected chi connectivity index (χ0v) is 16.0. The maximum Gasteiger partial charge on any atom is 0.430 e. The number of hydrogen-bond donors (Lipinski definition) is 3. The Morgan fingerprint density at radius 2 is 1.72 bits per heavy atom. The van der Waals surface area contributed by atoms with Crippen molar-refractivity contribution in [2.45, 2.75) is 25.6 Å². The maximum absolute atomic E-state index is 11.4. The van der Waals surface area contributed by atoms with Gasteiger partial charge in [0.2, 0.25) is 0 Å². The van der Waals surface area contributed by atoms with Crippen molar-refractivity contribution >= 4 is 17.9 Å². The molecule has 11 heteroatoms. The number of nitrogens with two attached hydrogens (primary N) is 2. The number of likely N-dealkylation sites (tertiary alicyclic amines) is 1. The van der Waals surface area contributed by atoms with Crippen molar-refractivity contribution in [2.75, 3.05) is 26.7 Å². The topological polar surface area (TPSA) is 136 Å². The zero-order chi connectivity index (χ0) is 22.0. The van der Waals surface area contributed by atoms with Gasteiger partial charge in [0.1, 0.15) is 5.97 Å². The number of ether oxygens (including phenoxy) is 1. The van der Waals surface area contributed by atoms with Gasteiger partial charge in [0, 0.05) is 6.54 Å². The first-order chi connectivity index (χ1) is 13.5. The first-order valence-electron chi connectivity index (χ1n) is 8.82. The average Bonchev–Trinajstić information content (AvgIpc) is 2.67. The number of hydrogen-bond acceptors (Lipinski definition) is 5. The van der Waals surface area contributed by atoms with Gasteiger partial charge in [0.15, 0.2) is 0 Å². The van der Waals surface area contributed by atoms with Crippen LogP contribution in [0.15, 0.2) is 24.3 Å². The summed E-state index contributed by atoms with van der Waals surface area (Å²) in [5.41, 5.74) is 12.6. The molecule has 1 saturated heterocycles. The standard InChI is InChI=1S/C16H24N4O2.C2HF3O2/c1-22-15(21)14-4-2-13(3-5-14)11-20-8-6-12(7-9-20)10-19-16(17)18;3-2(4,5)1(6)7/h2-5,12H,6-11H2,1H3,(H4,17,18,19);(H,6,7). The molecule has 0 radical (unpaired) electrons. The van der Waals surface area contributed by atoms with Gasteiger partial charge in [-0.05, 0) is 49.5 Å². The van der Waals surface area contributed by atoms with E-state index in [-0.39, 0.29) is 5.97 Å². The molecule has 1 heterocycles. The number of carboxylic acids is 1. The summed E-state index contributed by atoms with van der Waals surface area (Å²) in [5.74, 6) is -2.38. The number of carbonyl (C=O) groups is 2. The number of alkyl halides is 3. The van der Waals surface area contributed by atoms with Gasteiger partial charge in [-0.15, -0.1) is 0 Å². The fraction of sp³-hybridized carbons (Fsp3) is 0.500. The third kappa shape index (κ3) is 9.28. The lowest BCUT2D eigenvalue weighted by molar-refractivity contribution is -0.469. The van der Waals surface area contributed by atoms with Crippen LogP contribution in [0.25, 0.3) is 0 Å². The minimum absolute atomic E-state index is 0.296. The summed E-state index contributed by atoms with van der Waals surface area (Å²) in [4.78, 5) is 25.6. The molecule has 0 saturated carbocycles. The number of carbonyl (C=O) groups excluding carboxylic acids is 2. The summed E-state index contributed by atoms with van der Waals surface area (Å²) < 4.78 is 36.3. The smallest absolute Gasteiger partial charge is 0.430 e. The number of nitrogens with one attached hydrogen (secondary N) is 1. The van der Waals surface area contributed by atoms with E-state index in [1.165, 1.54) is 12.7 Å². The van der Waals surface area contributed by atoms with Crippen molar-refractivity contribution in [3.8, 4) is 0 Å². The molecule has 0 unspecified atom stereocenters. The van der Waals surface area contributed by atoms with Crippen molar-refractivity contribution in [2.24, 2.45) is 17.4 Å². The van der Waals surface area contributed by atoms with Crippen LogP contribution in [0.3, 0.4) is 0 Å². The Labute approximate surface area is 166 Å². The van der Waals surface area contributed by atoms with E-state index >= 15 is 0 Å². The minimum Gasteiger partial charge on any atom is -0.542 e. The number of nitrogens with zero attached hydrogens (tertiary/aromatic N) is 1. The van der Waals surface area contributed by atoms with Crippen LogP contribution in [-0.2, 0) is 16.1 Å². The third-order valence-electron chi connectivity index (χ3n) is 4.31. The molecular weight excluding hydrogens is 393 g/mol. The molecular formula is C18H25F3N4O4. The molecule has 0 aromatic heterocycles. The molecule has 0 atom stereocenters. The Morgan fingerprint density at radius 3 is 2.14 bits per heavy atom. The second-order valence-corrected chi connectivity index (χ2v) is 6.53. The van der Waals surface area contributed by atoms with Crippen molar-refractivity contribution < 1.29 is 37.6 Å². The molecule has 1 aromatic carbocycles. The average molecular weight is 418 g/mol. The number of rotatable bonds is 5. The molecule has 0 bridgehead atoms. The van der Waals surface area contributed by atoms with Crippen LogP contribution >= 0.6 is 0 Å². The number of esters is 1. The number of piperidine rings is 1. The van der Waals surface area contributed by atoms with E-state index in [1.54, 1.807) is 0 Å². The monoisotopic (exact) mass is 418 g/mol. The number of aliphatic carboxylic acids is 1. The van der Waals surface area contributed by atoms with Gasteiger partial charge >= 0.3 is 18.1 Å². The fourth-order valence-electron chi connectivity index (χ4n) is 2.73. The Kier molecular flexibility index (Phi) is 9.39. The molecule has 1 fully saturated rings. The molecule has 1 aliphatic heterocycles.